The molecule has 51 heavy (non-hydrogen) atoms. The van der Waals surface area contributed by atoms with Crippen molar-refractivity contribution >= 4 is 65.7 Å². The Balaban J connectivity index is 1.21. The third-order valence-electron chi connectivity index (χ3n) is 9.83. The maximum atomic E-state index is 6.85. The summed E-state index contributed by atoms with van der Waals surface area (Å²) in [5, 5.41) is 6.36. The molecule has 7 aromatic carbocycles. The zero-order valence-corrected chi connectivity index (χ0v) is 27.1. The van der Waals surface area contributed by atoms with E-state index in [1.807, 2.05) is 84.9 Å². The maximum Gasteiger partial charge on any atom is 0.164 e. The third kappa shape index (κ3) is 4.20. The standard InChI is InChI=1S/C45H26N4O2/c1-3-13-27(14-4-1)43-46-44(28-15-5-2-6-16-28)48-45(47-43)33-21-12-24-38-39(33)32-20-11-22-35(41(32)51-38)49-36-26-30-18-8-7-17-29(30)25-34(36)42-40(49)31-19-9-10-23-37(31)50-42/h1-26H. The first-order valence-electron chi connectivity index (χ1n) is 16.9. The Morgan fingerprint density at radius 1 is 0.431 bits per heavy atom. The summed E-state index contributed by atoms with van der Waals surface area (Å²) in [4.78, 5) is 15.0. The van der Waals surface area contributed by atoms with Gasteiger partial charge in [0.1, 0.15) is 16.7 Å². The van der Waals surface area contributed by atoms with Gasteiger partial charge in [-0.2, -0.15) is 0 Å². The number of rotatable bonds is 4. The molecule has 0 atom stereocenters. The molecule has 0 fully saturated rings. The molecule has 0 aliphatic carbocycles. The van der Waals surface area contributed by atoms with Crippen molar-refractivity contribution in [2.45, 2.75) is 0 Å². The lowest BCUT2D eigenvalue weighted by molar-refractivity contribution is 0.666. The number of para-hydroxylation sites is 2. The molecule has 0 saturated heterocycles. The topological polar surface area (TPSA) is 69.9 Å². The molecule has 238 valence electrons. The zero-order chi connectivity index (χ0) is 33.5. The lowest BCUT2D eigenvalue weighted by Crippen LogP contribution is -2.00. The van der Waals surface area contributed by atoms with Crippen molar-refractivity contribution in [1.29, 1.82) is 0 Å². The number of hydrogen-bond donors (Lipinski definition) is 0. The highest BCUT2D eigenvalue weighted by Gasteiger charge is 2.24. The summed E-state index contributed by atoms with van der Waals surface area (Å²) in [5.74, 6) is 1.82. The van der Waals surface area contributed by atoms with Gasteiger partial charge < -0.3 is 13.4 Å². The Bertz CT molecular complexity index is 3070. The fraction of sp³-hybridized carbons (Fsp3) is 0. The first-order chi connectivity index (χ1) is 25.3. The number of aromatic nitrogens is 4. The van der Waals surface area contributed by atoms with Gasteiger partial charge >= 0.3 is 0 Å². The summed E-state index contributed by atoms with van der Waals surface area (Å²) >= 11 is 0. The van der Waals surface area contributed by atoms with Gasteiger partial charge in [0, 0.05) is 38.2 Å². The van der Waals surface area contributed by atoms with E-state index in [9.17, 15) is 0 Å². The van der Waals surface area contributed by atoms with Crippen LogP contribution < -0.4 is 0 Å². The van der Waals surface area contributed by atoms with E-state index >= 15 is 0 Å². The SMILES string of the molecule is c1ccc(-c2nc(-c3ccccc3)nc(-c3cccc4oc5c(-n6c7cc8ccccc8cc7c7oc8ccccc8c76)cccc5c34)n2)cc1. The van der Waals surface area contributed by atoms with E-state index in [0.717, 1.165) is 88.1 Å². The molecule has 4 heterocycles. The largest absolute Gasteiger partial charge is 0.454 e. The minimum atomic E-state index is 0.586. The van der Waals surface area contributed by atoms with E-state index in [-0.39, 0.29) is 0 Å². The van der Waals surface area contributed by atoms with Crippen LogP contribution in [0, 0.1) is 0 Å². The molecular formula is C45H26N4O2. The molecule has 4 aromatic heterocycles. The quantitative estimate of drug-likeness (QED) is 0.189. The molecule has 11 rings (SSSR count). The van der Waals surface area contributed by atoms with Gasteiger partial charge in [-0.15, -0.1) is 0 Å². The highest BCUT2D eigenvalue weighted by Crippen LogP contribution is 2.44. The van der Waals surface area contributed by atoms with Crippen molar-refractivity contribution in [1.82, 2.24) is 19.5 Å². The Kier molecular flexibility index (Phi) is 5.86. The maximum absolute atomic E-state index is 6.85. The second-order valence-electron chi connectivity index (χ2n) is 12.8. The molecule has 0 unspecified atom stereocenters. The van der Waals surface area contributed by atoms with Crippen molar-refractivity contribution in [2.75, 3.05) is 0 Å². The summed E-state index contributed by atoms with van der Waals surface area (Å²) in [6.45, 7) is 0. The molecule has 0 amide bonds. The van der Waals surface area contributed by atoms with Crippen LogP contribution in [0.15, 0.2) is 167 Å². The van der Waals surface area contributed by atoms with Crippen molar-refractivity contribution in [3.05, 3.63) is 158 Å². The predicted octanol–water partition coefficient (Wildman–Crippen LogP) is 11.8. The van der Waals surface area contributed by atoms with Crippen LogP contribution in [-0.4, -0.2) is 19.5 Å². The minimum Gasteiger partial charge on any atom is -0.454 e. The smallest absolute Gasteiger partial charge is 0.164 e. The molecule has 6 nitrogen and oxygen atoms in total. The Morgan fingerprint density at radius 2 is 1.02 bits per heavy atom. The Morgan fingerprint density at radius 3 is 1.78 bits per heavy atom. The molecule has 11 aromatic rings. The van der Waals surface area contributed by atoms with Crippen LogP contribution in [0.1, 0.15) is 0 Å². The van der Waals surface area contributed by atoms with Gasteiger partial charge in [-0.1, -0.05) is 121 Å². The normalized spacial score (nSPS) is 11.9. The van der Waals surface area contributed by atoms with Crippen molar-refractivity contribution in [3.63, 3.8) is 0 Å². The average molecular weight is 655 g/mol. The highest BCUT2D eigenvalue weighted by molar-refractivity contribution is 6.20. The second-order valence-corrected chi connectivity index (χ2v) is 12.8. The van der Waals surface area contributed by atoms with Crippen molar-refractivity contribution in [2.24, 2.45) is 0 Å². The Hall–Kier alpha value is -7.05. The van der Waals surface area contributed by atoms with Gasteiger partial charge in [0.05, 0.1) is 11.2 Å². The summed E-state index contributed by atoms with van der Waals surface area (Å²) in [7, 11) is 0. The number of nitrogens with zero attached hydrogens (tertiary/aromatic N) is 4. The molecular weight excluding hydrogens is 629 g/mol. The monoisotopic (exact) mass is 654 g/mol. The Labute approximate surface area is 290 Å². The number of benzene rings is 7. The van der Waals surface area contributed by atoms with Crippen molar-refractivity contribution < 1.29 is 8.83 Å². The molecule has 0 saturated carbocycles. The molecule has 0 spiro atoms. The summed E-state index contributed by atoms with van der Waals surface area (Å²) in [6, 6.07) is 53.7. The second kappa shape index (κ2) is 10.7. The highest BCUT2D eigenvalue weighted by atomic mass is 16.3. The molecule has 0 aliphatic heterocycles. The summed E-state index contributed by atoms with van der Waals surface area (Å²) in [6.07, 6.45) is 0. The average Bonchev–Trinajstić information content (AvgIpc) is 3.86. The number of fused-ring (bicyclic) bond motifs is 9. The van der Waals surface area contributed by atoms with Crippen LogP contribution >= 0.6 is 0 Å². The first kappa shape index (κ1) is 27.9. The number of furan rings is 2. The van der Waals surface area contributed by atoms with Crippen LogP contribution in [-0.2, 0) is 0 Å². The van der Waals surface area contributed by atoms with Gasteiger partial charge in [-0.25, -0.2) is 15.0 Å². The van der Waals surface area contributed by atoms with Crippen LogP contribution in [0.4, 0.5) is 0 Å². The van der Waals surface area contributed by atoms with Gasteiger partial charge in [-0.05, 0) is 47.2 Å². The summed E-state index contributed by atoms with van der Waals surface area (Å²) < 4.78 is 15.7. The first-order valence-corrected chi connectivity index (χ1v) is 16.9. The number of hydrogen-bond acceptors (Lipinski definition) is 5. The fourth-order valence-corrected chi connectivity index (χ4v) is 7.53. The molecule has 6 heteroatoms. The third-order valence-corrected chi connectivity index (χ3v) is 9.83. The lowest BCUT2D eigenvalue weighted by atomic mass is 10.0. The molecule has 0 aliphatic rings. The van der Waals surface area contributed by atoms with Gasteiger partial charge in [0.15, 0.2) is 28.6 Å². The van der Waals surface area contributed by atoms with Crippen LogP contribution in [0.2, 0.25) is 0 Å². The minimum absolute atomic E-state index is 0.586. The lowest BCUT2D eigenvalue weighted by Gasteiger charge is -2.10. The van der Waals surface area contributed by atoms with E-state index in [0.29, 0.717) is 17.5 Å². The molecule has 0 radical (unpaired) electrons. The van der Waals surface area contributed by atoms with E-state index in [2.05, 4.69) is 77.4 Å². The van der Waals surface area contributed by atoms with Crippen molar-refractivity contribution in [3.8, 4) is 39.9 Å². The van der Waals surface area contributed by atoms with E-state index in [1.54, 1.807) is 0 Å². The van der Waals surface area contributed by atoms with E-state index < -0.39 is 0 Å². The van der Waals surface area contributed by atoms with Crippen LogP contribution in [0.3, 0.4) is 0 Å². The predicted molar refractivity (Wildman–Crippen MR) is 205 cm³/mol. The zero-order valence-electron chi connectivity index (χ0n) is 27.1. The van der Waals surface area contributed by atoms with Gasteiger partial charge in [-0.3, -0.25) is 0 Å². The van der Waals surface area contributed by atoms with Crippen LogP contribution in [0.5, 0.6) is 0 Å². The van der Waals surface area contributed by atoms with Gasteiger partial charge in [0.25, 0.3) is 0 Å². The van der Waals surface area contributed by atoms with E-state index in [1.165, 1.54) is 0 Å². The van der Waals surface area contributed by atoms with E-state index in [4.69, 9.17) is 23.8 Å². The van der Waals surface area contributed by atoms with Gasteiger partial charge in [0.2, 0.25) is 0 Å². The fourth-order valence-electron chi connectivity index (χ4n) is 7.53. The molecule has 0 N–H and O–H groups in total. The summed E-state index contributed by atoms with van der Waals surface area (Å²) in [5.41, 5.74) is 8.97. The molecule has 0 bridgehead atoms. The van der Waals surface area contributed by atoms with Crippen LogP contribution in [0.25, 0.3) is 106 Å².